The summed E-state index contributed by atoms with van der Waals surface area (Å²) in [6.07, 6.45) is 8.24. The van der Waals surface area contributed by atoms with Crippen molar-refractivity contribution in [3.63, 3.8) is 0 Å². The Morgan fingerprint density at radius 3 is 2.07 bits per heavy atom. The summed E-state index contributed by atoms with van der Waals surface area (Å²) in [6, 6.07) is 26.6. The number of ether oxygens (including phenoxy) is 1. The Kier molecular flexibility index (Phi) is 5.77. The zero-order chi connectivity index (χ0) is 28.3. The number of hydrogen-bond donors (Lipinski definition) is 4. The van der Waals surface area contributed by atoms with Crippen LogP contribution in [0.2, 0.25) is 0 Å². The summed E-state index contributed by atoms with van der Waals surface area (Å²) in [5, 5.41) is 8.25. The molecule has 3 aliphatic heterocycles. The van der Waals surface area contributed by atoms with Crippen LogP contribution in [0.1, 0.15) is 61.2 Å². The fourth-order valence-electron chi connectivity index (χ4n) is 7.03. The Hall–Kier alpha value is -4.66. The summed E-state index contributed by atoms with van der Waals surface area (Å²) >= 11 is 0. The monoisotopic (exact) mass is 567 g/mol. The van der Waals surface area contributed by atoms with Crippen molar-refractivity contribution < 1.29 is 4.74 Å². The predicted molar refractivity (Wildman–Crippen MR) is 168 cm³/mol. The number of aromatic nitrogens is 5. The van der Waals surface area contributed by atoms with Crippen molar-refractivity contribution in [2.45, 2.75) is 44.0 Å². The van der Waals surface area contributed by atoms with E-state index in [4.69, 9.17) is 14.7 Å². The van der Waals surface area contributed by atoms with E-state index in [0.29, 0.717) is 12.1 Å². The zero-order valence-corrected chi connectivity index (χ0v) is 23.8. The van der Waals surface area contributed by atoms with E-state index in [0.717, 1.165) is 88.2 Å². The molecule has 3 aliphatic rings. The van der Waals surface area contributed by atoms with Crippen LogP contribution in [0.4, 0.5) is 0 Å². The Labute approximate surface area is 249 Å². The van der Waals surface area contributed by atoms with E-state index in [9.17, 15) is 0 Å². The van der Waals surface area contributed by atoms with Gasteiger partial charge in [0, 0.05) is 27.6 Å². The smallest absolute Gasteiger partial charge is 0.203 e. The van der Waals surface area contributed by atoms with Crippen molar-refractivity contribution >= 4 is 10.9 Å². The first-order valence-electron chi connectivity index (χ1n) is 15.4. The summed E-state index contributed by atoms with van der Waals surface area (Å²) in [4.78, 5) is 16.5. The van der Waals surface area contributed by atoms with Crippen molar-refractivity contribution in [2.24, 2.45) is 0 Å². The number of benzene rings is 3. The second-order valence-corrected chi connectivity index (χ2v) is 11.9. The lowest BCUT2D eigenvalue weighted by Crippen LogP contribution is -2.22. The van der Waals surface area contributed by atoms with Gasteiger partial charge >= 0.3 is 0 Å². The van der Waals surface area contributed by atoms with E-state index >= 15 is 0 Å². The third-order valence-corrected chi connectivity index (χ3v) is 9.25. The molecule has 3 aromatic heterocycles. The van der Waals surface area contributed by atoms with E-state index in [1.54, 1.807) is 0 Å². The number of nitrogens with one attached hydrogen (secondary N) is 4. The molecule has 2 saturated heterocycles. The summed E-state index contributed by atoms with van der Waals surface area (Å²) < 4.78 is 9.18. The molecule has 3 aromatic carbocycles. The van der Waals surface area contributed by atoms with E-state index in [2.05, 4.69) is 91.9 Å². The van der Waals surface area contributed by atoms with E-state index in [1.165, 1.54) is 18.2 Å². The minimum atomic E-state index is -0.283. The van der Waals surface area contributed by atoms with Crippen molar-refractivity contribution in [1.82, 2.24) is 35.1 Å². The topological polar surface area (TPSA) is 95.6 Å². The van der Waals surface area contributed by atoms with E-state index in [1.807, 2.05) is 18.5 Å². The van der Waals surface area contributed by atoms with Gasteiger partial charge in [-0.25, -0.2) is 9.97 Å². The molecule has 4 N–H and O–H groups in total. The van der Waals surface area contributed by atoms with Gasteiger partial charge in [0.2, 0.25) is 6.23 Å². The summed E-state index contributed by atoms with van der Waals surface area (Å²) in [7, 11) is 0. The maximum atomic E-state index is 6.85. The van der Waals surface area contributed by atoms with Crippen LogP contribution in [-0.4, -0.2) is 37.6 Å². The van der Waals surface area contributed by atoms with Gasteiger partial charge in [-0.1, -0.05) is 42.5 Å². The highest BCUT2D eigenvalue weighted by molar-refractivity contribution is 5.92. The highest BCUT2D eigenvalue weighted by Gasteiger charge is 2.30. The minimum absolute atomic E-state index is 0.283. The molecule has 0 amide bonds. The summed E-state index contributed by atoms with van der Waals surface area (Å²) in [6.45, 7) is 2.10. The number of rotatable bonds is 5. The van der Waals surface area contributed by atoms with Crippen LogP contribution in [-0.2, 0) is 0 Å². The number of H-pyrrole nitrogens is 2. The number of fused-ring (bicyclic) bond motifs is 5. The van der Waals surface area contributed by atoms with E-state index < -0.39 is 0 Å². The predicted octanol–water partition coefficient (Wildman–Crippen LogP) is 6.88. The van der Waals surface area contributed by atoms with Crippen LogP contribution in [0.3, 0.4) is 0 Å². The van der Waals surface area contributed by atoms with Crippen molar-refractivity contribution in [1.29, 1.82) is 0 Å². The molecule has 0 radical (unpaired) electrons. The number of imidazole rings is 2. The van der Waals surface area contributed by atoms with Crippen LogP contribution >= 0.6 is 0 Å². The minimum Gasteiger partial charge on any atom is -0.465 e. The molecule has 1 unspecified atom stereocenters. The molecule has 0 bridgehead atoms. The van der Waals surface area contributed by atoms with Gasteiger partial charge in [-0.2, -0.15) is 0 Å². The van der Waals surface area contributed by atoms with Gasteiger partial charge in [0.05, 0.1) is 47.1 Å². The molecule has 0 saturated carbocycles. The van der Waals surface area contributed by atoms with Gasteiger partial charge in [-0.15, -0.1) is 0 Å². The molecular weight excluding hydrogens is 534 g/mol. The van der Waals surface area contributed by atoms with Gasteiger partial charge in [0.25, 0.3) is 0 Å². The van der Waals surface area contributed by atoms with Crippen LogP contribution in [0.15, 0.2) is 85.2 Å². The van der Waals surface area contributed by atoms with Crippen LogP contribution in [0, 0.1) is 0 Å². The lowest BCUT2D eigenvalue weighted by atomic mass is 10.0. The Morgan fingerprint density at radius 1 is 0.721 bits per heavy atom. The lowest BCUT2D eigenvalue weighted by Gasteiger charge is -2.30. The molecule has 9 rings (SSSR count). The molecule has 8 heteroatoms. The third kappa shape index (κ3) is 4.20. The Morgan fingerprint density at radius 2 is 1.40 bits per heavy atom. The van der Waals surface area contributed by atoms with Crippen LogP contribution in [0.5, 0.6) is 5.75 Å². The average Bonchev–Trinajstić information content (AvgIpc) is 3.89. The van der Waals surface area contributed by atoms with Gasteiger partial charge in [-0.3, -0.25) is 0 Å². The molecule has 0 spiro atoms. The van der Waals surface area contributed by atoms with Gasteiger partial charge in [-0.05, 0) is 69.1 Å². The summed E-state index contributed by atoms with van der Waals surface area (Å²) in [5.41, 5.74) is 8.74. The largest absolute Gasteiger partial charge is 0.465 e. The van der Waals surface area contributed by atoms with Crippen molar-refractivity contribution in [3.05, 3.63) is 102 Å². The molecule has 43 heavy (non-hydrogen) atoms. The zero-order valence-electron chi connectivity index (χ0n) is 23.8. The molecule has 2 fully saturated rings. The molecule has 0 aliphatic carbocycles. The molecule has 214 valence electrons. The lowest BCUT2D eigenvalue weighted by molar-refractivity contribution is 0.173. The number of nitrogens with zero attached hydrogens (tertiary/aromatic N) is 3. The molecule has 8 nitrogen and oxygen atoms in total. The number of hydrogen-bond acceptors (Lipinski definition) is 5. The average molecular weight is 568 g/mol. The SMILES string of the molecule is c1ccc(C2Oc3cc(-c4cnc([C@@H]5CCCN5)[nH]4)ccc3-c3cc4cc(-c5cnc([C@@H]6CCCN6)[nH]5)ccc4n32)cc1. The summed E-state index contributed by atoms with van der Waals surface area (Å²) in [5.74, 6) is 2.90. The van der Waals surface area contributed by atoms with E-state index in [-0.39, 0.29) is 6.23 Å². The fourth-order valence-corrected chi connectivity index (χ4v) is 7.03. The first kappa shape index (κ1) is 24.9. The standard InChI is InChI=1S/C35H33N7O/c1-2-6-21(7-3-1)35-42-30-13-11-22(28-19-38-33(40-28)26-8-4-14-36-26)16-24(30)17-31(42)25-12-10-23(18-32(25)43-35)29-20-39-34(41-29)27-9-5-15-37-27/h1-3,6-7,10-13,16-20,26-27,35-37H,4-5,8-9,14-15H2,(H,38,40)(H,39,41)/t26-,27-,35?/m0/s1. The Balaban J connectivity index is 1.13. The highest BCUT2D eigenvalue weighted by Crippen LogP contribution is 2.46. The van der Waals surface area contributed by atoms with Crippen molar-refractivity contribution in [2.75, 3.05) is 13.1 Å². The first-order chi connectivity index (χ1) is 21.3. The van der Waals surface area contributed by atoms with Gasteiger partial charge < -0.3 is 29.9 Å². The molecular formula is C35H33N7O. The first-order valence-corrected chi connectivity index (χ1v) is 15.4. The second-order valence-electron chi connectivity index (χ2n) is 11.9. The third-order valence-electron chi connectivity index (χ3n) is 9.25. The van der Waals surface area contributed by atoms with Gasteiger partial charge in [0.1, 0.15) is 17.4 Å². The van der Waals surface area contributed by atoms with Crippen LogP contribution < -0.4 is 15.4 Å². The maximum absolute atomic E-state index is 6.85. The molecule has 6 aromatic rings. The molecule has 6 heterocycles. The number of aromatic amines is 2. The quantitative estimate of drug-likeness (QED) is 0.182. The second kappa shape index (κ2) is 9.97. The van der Waals surface area contributed by atoms with Crippen molar-refractivity contribution in [3.8, 4) is 39.5 Å². The van der Waals surface area contributed by atoms with Gasteiger partial charge in [0.15, 0.2) is 0 Å². The van der Waals surface area contributed by atoms with Crippen LogP contribution in [0.25, 0.3) is 44.7 Å². The molecule has 3 atom stereocenters. The Bertz CT molecular complexity index is 1940. The fraction of sp³-hybridized carbons (Fsp3) is 0.257. The maximum Gasteiger partial charge on any atom is 0.203 e. The highest BCUT2D eigenvalue weighted by atomic mass is 16.5. The normalized spacial score (nSPS) is 21.2.